The molecule has 0 unspecified atom stereocenters. The minimum Gasteiger partial charge on any atom is -0.496 e. The molecule has 0 bridgehead atoms. The summed E-state index contributed by atoms with van der Waals surface area (Å²) in [7, 11) is 1.66. The van der Waals surface area contributed by atoms with E-state index < -0.39 is 0 Å². The number of nitrogens with two attached hydrogens (primary N) is 1. The molecular weight excluding hydrogens is 354 g/mol. The highest BCUT2D eigenvalue weighted by Gasteiger charge is 2.13. The van der Waals surface area contributed by atoms with Gasteiger partial charge in [-0.05, 0) is 42.7 Å². The number of hydrogen-bond acceptors (Lipinski definition) is 6. The first-order valence-electron chi connectivity index (χ1n) is 8.80. The molecule has 0 aliphatic carbocycles. The van der Waals surface area contributed by atoms with Crippen molar-refractivity contribution < 1.29 is 9.47 Å². The van der Waals surface area contributed by atoms with E-state index in [9.17, 15) is 0 Å². The van der Waals surface area contributed by atoms with E-state index in [0.29, 0.717) is 29.3 Å². The van der Waals surface area contributed by atoms with Crippen molar-refractivity contribution in [2.24, 2.45) is 0 Å². The lowest BCUT2D eigenvalue weighted by molar-refractivity contribution is 0.308. The Labute approximate surface area is 163 Å². The second-order valence-corrected chi connectivity index (χ2v) is 6.16. The molecule has 0 fully saturated rings. The maximum Gasteiger partial charge on any atom is 0.181 e. The zero-order valence-electron chi connectivity index (χ0n) is 16.2. The molecule has 2 heterocycles. The van der Waals surface area contributed by atoms with Crippen molar-refractivity contribution in [2.75, 3.05) is 12.8 Å². The summed E-state index contributed by atoms with van der Waals surface area (Å²) in [5.74, 6) is 1.67. The van der Waals surface area contributed by atoms with Crippen LogP contribution in [0.5, 0.6) is 5.75 Å². The summed E-state index contributed by atoms with van der Waals surface area (Å²) in [6.45, 7) is 8.19. The van der Waals surface area contributed by atoms with Crippen molar-refractivity contribution in [3.63, 3.8) is 0 Å². The van der Waals surface area contributed by atoms with E-state index in [2.05, 4.69) is 33.0 Å². The van der Waals surface area contributed by atoms with Crippen LogP contribution < -0.4 is 10.5 Å². The maximum absolute atomic E-state index is 5.95. The average molecular weight is 377 g/mol. The van der Waals surface area contributed by atoms with E-state index in [1.807, 2.05) is 44.2 Å². The highest BCUT2D eigenvalue weighted by atomic mass is 16.5. The quantitative estimate of drug-likeness (QED) is 0.476. The first-order valence-corrected chi connectivity index (χ1v) is 8.80. The third-order valence-corrected chi connectivity index (χ3v) is 4.32. The standard InChI is InChI=1S/C21H23N5O2/c1-5-13(3)19(16(6-2)27-4)15-9-7-8-14(10-15)12-28-17-11-18(22)23-21-20(17)24-26-25-21/h5-11H,1,12H2,2-4H3,(H3,22,23,24,25,26)/b16-6+,19-13-. The SMILES string of the molecule is C=C/C(C)=C(\C(=C/C)OC)c1cccc(COc2cc(N)nc3[nH]nnc23)c1. The zero-order valence-corrected chi connectivity index (χ0v) is 16.2. The van der Waals surface area contributed by atoms with Gasteiger partial charge in [0.15, 0.2) is 16.9 Å². The number of aromatic nitrogens is 4. The number of benzene rings is 1. The van der Waals surface area contributed by atoms with Gasteiger partial charge in [0.05, 0.1) is 7.11 Å². The Hall–Kier alpha value is -3.61. The van der Waals surface area contributed by atoms with Crippen molar-refractivity contribution in [3.8, 4) is 5.75 Å². The number of nitrogen functional groups attached to an aromatic ring is 1. The second-order valence-electron chi connectivity index (χ2n) is 6.16. The highest BCUT2D eigenvalue weighted by Crippen LogP contribution is 2.29. The van der Waals surface area contributed by atoms with Crippen molar-refractivity contribution in [1.82, 2.24) is 20.4 Å². The van der Waals surface area contributed by atoms with Crippen LogP contribution in [0.15, 0.2) is 60.4 Å². The second kappa shape index (κ2) is 8.39. The molecule has 144 valence electrons. The third-order valence-electron chi connectivity index (χ3n) is 4.32. The van der Waals surface area contributed by atoms with Crippen molar-refractivity contribution in [1.29, 1.82) is 0 Å². The Balaban J connectivity index is 1.91. The van der Waals surface area contributed by atoms with Crippen LogP contribution in [-0.2, 0) is 11.3 Å². The summed E-state index contributed by atoms with van der Waals surface area (Å²) in [5.41, 5.74) is 10.9. The van der Waals surface area contributed by atoms with E-state index in [4.69, 9.17) is 15.2 Å². The number of hydrogen-bond donors (Lipinski definition) is 2. The van der Waals surface area contributed by atoms with E-state index >= 15 is 0 Å². The minimum absolute atomic E-state index is 0.340. The van der Waals surface area contributed by atoms with Gasteiger partial charge in [0, 0.05) is 11.6 Å². The fourth-order valence-electron chi connectivity index (χ4n) is 2.95. The molecule has 2 aromatic heterocycles. The summed E-state index contributed by atoms with van der Waals surface area (Å²) in [4.78, 5) is 4.14. The summed E-state index contributed by atoms with van der Waals surface area (Å²) in [5, 5.41) is 10.5. The number of pyridine rings is 1. The molecule has 0 amide bonds. The number of fused-ring (bicyclic) bond motifs is 1. The number of rotatable bonds is 7. The van der Waals surface area contributed by atoms with Gasteiger partial charge in [0.2, 0.25) is 0 Å². The van der Waals surface area contributed by atoms with E-state index in [-0.39, 0.29) is 0 Å². The Morgan fingerprint density at radius 1 is 1.32 bits per heavy atom. The van der Waals surface area contributed by atoms with Gasteiger partial charge in [0.1, 0.15) is 18.2 Å². The van der Waals surface area contributed by atoms with Crippen LogP contribution in [0.4, 0.5) is 5.82 Å². The van der Waals surface area contributed by atoms with Gasteiger partial charge >= 0.3 is 0 Å². The number of anilines is 1. The summed E-state index contributed by atoms with van der Waals surface area (Å²) in [6, 6.07) is 9.73. The molecule has 0 atom stereocenters. The molecule has 1 aromatic carbocycles. The Morgan fingerprint density at radius 3 is 2.86 bits per heavy atom. The number of ether oxygens (including phenoxy) is 2. The lowest BCUT2D eigenvalue weighted by atomic mass is 9.97. The largest absolute Gasteiger partial charge is 0.496 e. The fraction of sp³-hybridized carbons (Fsp3) is 0.190. The van der Waals surface area contributed by atoms with Crippen LogP contribution in [0, 0.1) is 0 Å². The number of nitrogens with one attached hydrogen (secondary N) is 1. The molecule has 0 aliphatic rings. The van der Waals surface area contributed by atoms with Crippen LogP contribution in [-0.4, -0.2) is 27.5 Å². The summed E-state index contributed by atoms with van der Waals surface area (Å²) in [6.07, 6.45) is 3.76. The molecule has 7 nitrogen and oxygen atoms in total. The Kier molecular flexibility index (Phi) is 5.74. The lowest BCUT2D eigenvalue weighted by Gasteiger charge is -2.15. The average Bonchev–Trinajstić information content (AvgIpc) is 3.18. The molecule has 0 spiro atoms. The molecule has 0 aliphatic heterocycles. The van der Waals surface area contributed by atoms with E-state index in [1.165, 1.54) is 0 Å². The van der Waals surface area contributed by atoms with Crippen molar-refractivity contribution in [2.45, 2.75) is 20.5 Å². The lowest BCUT2D eigenvalue weighted by Crippen LogP contribution is -2.01. The van der Waals surface area contributed by atoms with Crippen molar-refractivity contribution >= 4 is 22.6 Å². The molecule has 3 aromatic rings. The van der Waals surface area contributed by atoms with Gasteiger partial charge in [-0.3, -0.25) is 0 Å². The third kappa shape index (κ3) is 3.88. The van der Waals surface area contributed by atoms with Gasteiger partial charge < -0.3 is 15.2 Å². The smallest absolute Gasteiger partial charge is 0.181 e. The number of methoxy groups -OCH3 is 1. The first kappa shape index (κ1) is 19.2. The zero-order chi connectivity index (χ0) is 20.1. The molecule has 3 N–H and O–H groups in total. The van der Waals surface area contributed by atoms with Gasteiger partial charge in [0.25, 0.3) is 0 Å². The first-order chi connectivity index (χ1) is 13.6. The number of allylic oxidation sites excluding steroid dienone is 4. The van der Waals surface area contributed by atoms with Gasteiger partial charge in [-0.1, -0.05) is 36.1 Å². The molecule has 28 heavy (non-hydrogen) atoms. The highest BCUT2D eigenvalue weighted by molar-refractivity contribution is 5.81. The van der Waals surface area contributed by atoms with Crippen molar-refractivity contribution in [3.05, 3.63) is 71.5 Å². The van der Waals surface area contributed by atoms with E-state index in [1.54, 1.807) is 13.2 Å². The molecule has 7 heteroatoms. The van der Waals surface area contributed by atoms with Gasteiger partial charge in [-0.15, -0.1) is 5.10 Å². The predicted molar refractivity (Wildman–Crippen MR) is 110 cm³/mol. The number of aromatic amines is 1. The molecule has 0 saturated carbocycles. The van der Waals surface area contributed by atoms with Crippen LogP contribution in [0.2, 0.25) is 0 Å². The van der Waals surface area contributed by atoms with Crippen LogP contribution >= 0.6 is 0 Å². The summed E-state index contributed by atoms with van der Waals surface area (Å²) < 4.78 is 11.5. The maximum atomic E-state index is 5.95. The fourth-order valence-corrected chi connectivity index (χ4v) is 2.95. The molecule has 0 saturated heterocycles. The molecule has 3 rings (SSSR count). The van der Waals surface area contributed by atoms with Gasteiger partial charge in [-0.25, -0.2) is 10.1 Å². The van der Waals surface area contributed by atoms with Crippen LogP contribution in [0.25, 0.3) is 16.7 Å². The normalized spacial score (nSPS) is 12.6. The summed E-state index contributed by atoms with van der Waals surface area (Å²) >= 11 is 0. The minimum atomic E-state index is 0.340. The number of nitrogens with zero attached hydrogens (tertiary/aromatic N) is 3. The Bertz CT molecular complexity index is 1070. The molecule has 0 radical (unpaired) electrons. The number of H-pyrrole nitrogens is 1. The monoisotopic (exact) mass is 377 g/mol. The topological polar surface area (TPSA) is 98.9 Å². The van der Waals surface area contributed by atoms with Crippen LogP contribution in [0.3, 0.4) is 0 Å². The van der Waals surface area contributed by atoms with Crippen LogP contribution in [0.1, 0.15) is 25.0 Å². The van der Waals surface area contributed by atoms with E-state index in [0.717, 1.165) is 28.0 Å². The molecular formula is C21H23N5O2. The Morgan fingerprint density at radius 2 is 2.14 bits per heavy atom. The predicted octanol–water partition coefficient (Wildman–Crippen LogP) is 4.02. The van der Waals surface area contributed by atoms with Gasteiger partial charge in [-0.2, -0.15) is 0 Å².